The van der Waals surface area contributed by atoms with Crippen molar-refractivity contribution in [2.45, 2.75) is 6.92 Å². The van der Waals surface area contributed by atoms with E-state index in [0.717, 1.165) is 5.56 Å². The van der Waals surface area contributed by atoms with E-state index in [0.29, 0.717) is 60.4 Å². The molecule has 3 heterocycles. The van der Waals surface area contributed by atoms with Crippen molar-refractivity contribution in [3.63, 3.8) is 0 Å². The number of carbonyl (C=O) groups is 1. The van der Waals surface area contributed by atoms with Crippen LogP contribution in [0.25, 0.3) is 22.7 Å². The zero-order valence-electron chi connectivity index (χ0n) is 19.8. The Morgan fingerprint density at radius 3 is 2.73 bits per heavy atom. The number of aromatic nitrogens is 2. The molecule has 12 heteroatoms. The number of oxazole rings is 1. The van der Waals surface area contributed by atoms with Gasteiger partial charge >= 0.3 is 0 Å². The minimum Gasteiger partial charge on any atom is -0.434 e. The molecule has 1 saturated heterocycles. The fourth-order valence-electron chi connectivity index (χ4n) is 4.01. The lowest BCUT2D eigenvalue weighted by atomic mass is 10.1. The van der Waals surface area contributed by atoms with Gasteiger partial charge in [0, 0.05) is 42.7 Å². The number of anilines is 2. The second-order valence-electron chi connectivity index (χ2n) is 8.34. The number of nitro benzene ring substituents is 1. The van der Waals surface area contributed by atoms with Crippen molar-refractivity contribution in [3.05, 3.63) is 76.0 Å². The highest BCUT2D eigenvalue weighted by atomic mass is 32.1. The maximum Gasteiger partial charge on any atom is 0.270 e. The first-order chi connectivity index (χ1) is 17.9. The average molecular weight is 519 g/mol. The summed E-state index contributed by atoms with van der Waals surface area (Å²) in [5.74, 6) is -0.153. The van der Waals surface area contributed by atoms with Crippen LogP contribution in [0.3, 0.4) is 0 Å². The van der Waals surface area contributed by atoms with E-state index in [1.165, 1.54) is 12.1 Å². The van der Waals surface area contributed by atoms with Crippen molar-refractivity contribution in [1.82, 2.24) is 15.3 Å². The van der Waals surface area contributed by atoms with E-state index in [4.69, 9.17) is 21.4 Å². The summed E-state index contributed by atoms with van der Waals surface area (Å²) in [5.41, 5.74) is 3.85. The van der Waals surface area contributed by atoms with Gasteiger partial charge in [-0.1, -0.05) is 6.07 Å². The molecule has 4 aromatic rings. The average Bonchev–Trinajstić information content (AvgIpc) is 3.34. The molecule has 2 aromatic heterocycles. The molecule has 1 aliphatic rings. The Labute approximate surface area is 216 Å². The van der Waals surface area contributed by atoms with E-state index in [2.05, 4.69) is 20.6 Å². The molecule has 5 rings (SSSR count). The minimum absolute atomic E-state index is 0.0453. The Hall–Kier alpha value is -4.42. The topological polar surface area (TPSA) is 136 Å². The number of amides is 1. The summed E-state index contributed by atoms with van der Waals surface area (Å²) in [7, 11) is 0. The van der Waals surface area contributed by atoms with Gasteiger partial charge in [0.25, 0.3) is 11.6 Å². The number of benzene rings is 2. The molecule has 0 unspecified atom stereocenters. The Morgan fingerprint density at radius 2 is 1.97 bits per heavy atom. The molecule has 1 amide bonds. The molecule has 0 spiro atoms. The normalized spacial score (nSPS) is 13.4. The number of hydrogen-bond acceptors (Lipinski definition) is 9. The summed E-state index contributed by atoms with van der Waals surface area (Å²) in [5, 5.41) is 17.1. The van der Waals surface area contributed by atoms with Gasteiger partial charge in [-0.05, 0) is 55.0 Å². The molecule has 37 heavy (non-hydrogen) atoms. The predicted molar refractivity (Wildman–Crippen MR) is 142 cm³/mol. The number of carbonyl (C=O) groups excluding carboxylic acids is 1. The molecule has 0 saturated carbocycles. The van der Waals surface area contributed by atoms with E-state index in [9.17, 15) is 14.9 Å². The van der Waals surface area contributed by atoms with Crippen LogP contribution in [-0.2, 0) is 4.74 Å². The standard InChI is InChI=1S/C25H22N6O5S/c1-15-4-5-16(24-28-22-21(36-24)3-2-8-26-22)13-19(15)27-25(37)29-23(32)18-14-17(31(33)34)6-7-20(18)30-9-11-35-12-10-30/h2-8,13-14H,9-12H2,1H3,(H2,27,29,32,37). The van der Waals surface area contributed by atoms with Crippen molar-refractivity contribution < 1.29 is 18.9 Å². The van der Waals surface area contributed by atoms with E-state index >= 15 is 0 Å². The fourth-order valence-corrected chi connectivity index (χ4v) is 4.21. The first-order valence-electron chi connectivity index (χ1n) is 11.4. The van der Waals surface area contributed by atoms with Crippen molar-refractivity contribution in [2.24, 2.45) is 0 Å². The first kappa shape index (κ1) is 24.3. The van der Waals surface area contributed by atoms with Crippen LogP contribution >= 0.6 is 12.2 Å². The van der Waals surface area contributed by atoms with Crippen molar-refractivity contribution in [1.29, 1.82) is 0 Å². The summed E-state index contributed by atoms with van der Waals surface area (Å²) < 4.78 is 11.2. The van der Waals surface area contributed by atoms with Gasteiger partial charge in [0.05, 0.1) is 29.4 Å². The third-order valence-corrected chi connectivity index (χ3v) is 6.12. The van der Waals surface area contributed by atoms with E-state index in [1.54, 1.807) is 24.4 Å². The number of nitrogens with one attached hydrogen (secondary N) is 2. The zero-order valence-corrected chi connectivity index (χ0v) is 20.6. The molecular weight excluding hydrogens is 496 g/mol. The monoisotopic (exact) mass is 518 g/mol. The predicted octanol–water partition coefficient (Wildman–Crippen LogP) is 4.07. The molecule has 11 nitrogen and oxygen atoms in total. The Kier molecular flexibility index (Phi) is 6.75. The van der Waals surface area contributed by atoms with E-state index < -0.39 is 10.8 Å². The third-order valence-electron chi connectivity index (χ3n) is 5.91. The number of aryl methyl sites for hydroxylation is 1. The number of ether oxygens (including phenoxy) is 1. The molecule has 1 fully saturated rings. The lowest BCUT2D eigenvalue weighted by Gasteiger charge is -2.30. The highest BCUT2D eigenvalue weighted by Crippen LogP contribution is 2.28. The van der Waals surface area contributed by atoms with Crippen LogP contribution in [0.4, 0.5) is 17.1 Å². The van der Waals surface area contributed by atoms with Crippen LogP contribution < -0.4 is 15.5 Å². The number of nitrogens with zero attached hydrogens (tertiary/aromatic N) is 4. The number of rotatable bonds is 5. The number of thiocarbonyl (C=S) groups is 1. The van der Waals surface area contributed by atoms with Crippen LogP contribution in [0.15, 0.2) is 59.1 Å². The quantitative estimate of drug-likeness (QED) is 0.226. The Morgan fingerprint density at radius 1 is 1.16 bits per heavy atom. The zero-order chi connectivity index (χ0) is 25.9. The number of pyridine rings is 1. The summed E-state index contributed by atoms with van der Waals surface area (Å²) in [6.07, 6.45) is 1.64. The van der Waals surface area contributed by atoms with E-state index in [1.807, 2.05) is 30.0 Å². The summed E-state index contributed by atoms with van der Waals surface area (Å²) in [6.45, 7) is 4.03. The van der Waals surface area contributed by atoms with Crippen molar-refractivity contribution in [3.8, 4) is 11.5 Å². The second kappa shape index (κ2) is 10.3. The molecule has 2 aromatic carbocycles. The lowest BCUT2D eigenvalue weighted by molar-refractivity contribution is -0.384. The molecule has 0 atom stereocenters. The number of hydrogen-bond donors (Lipinski definition) is 2. The number of non-ortho nitro benzene ring substituents is 1. The largest absolute Gasteiger partial charge is 0.434 e. The van der Waals surface area contributed by atoms with Crippen LogP contribution in [0.1, 0.15) is 15.9 Å². The van der Waals surface area contributed by atoms with Crippen LogP contribution in [-0.4, -0.2) is 52.2 Å². The molecule has 0 radical (unpaired) electrons. The van der Waals surface area contributed by atoms with Gasteiger partial charge in [-0.2, -0.15) is 4.98 Å². The molecule has 1 aliphatic heterocycles. The Bertz CT molecular complexity index is 1480. The summed E-state index contributed by atoms with van der Waals surface area (Å²) >= 11 is 5.41. The Balaban J connectivity index is 1.36. The number of nitro groups is 1. The fraction of sp³-hybridized carbons (Fsp3) is 0.200. The van der Waals surface area contributed by atoms with Gasteiger partial charge in [0.2, 0.25) is 5.89 Å². The highest BCUT2D eigenvalue weighted by Gasteiger charge is 2.23. The second-order valence-corrected chi connectivity index (χ2v) is 8.75. The molecule has 0 bridgehead atoms. The highest BCUT2D eigenvalue weighted by molar-refractivity contribution is 7.80. The van der Waals surface area contributed by atoms with Crippen LogP contribution in [0.2, 0.25) is 0 Å². The van der Waals surface area contributed by atoms with E-state index in [-0.39, 0.29) is 16.4 Å². The molecule has 188 valence electrons. The van der Waals surface area contributed by atoms with Crippen LogP contribution in [0.5, 0.6) is 0 Å². The van der Waals surface area contributed by atoms with Gasteiger partial charge in [0.15, 0.2) is 16.3 Å². The number of morpholine rings is 1. The number of fused-ring (bicyclic) bond motifs is 1. The van der Waals surface area contributed by atoms with Gasteiger partial charge in [-0.25, -0.2) is 4.98 Å². The van der Waals surface area contributed by atoms with Gasteiger partial charge < -0.3 is 19.4 Å². The molecule has 0 aliphatic carbocycles. The maximum atomic E-state index is 13.2. The van der Waals surface area contributed by atoms with Gasteiger partial charge in [-0.15, -0.1) is 0 Å². The maximum absolute atomic E-state index is 13.2. The lowest BCUT2D eigenvalue weighted by Crippen LogP contribution is -2.39. The SMILES string of the molecule is Cc1ccc(-c2nc3ncccc3o2)cc1NC(=S)NC(=O)c1cc([N+](=O)[O-])ccc1N1CCOCC1. The molecular formula is C25H22N6O5S. The third kappa shape index (κ3) is 5.25. The molecule has 2 N–H and O–H groups in total. The van der Waals surface area contributed by atoms with Gasteiger partial charge in [0.1, 0.15) is 0 Å². The first-order valence-corrected chi connectivity index (χ1v) is 11.9. The van der Waals surface area contributed by atoms with Gasteiger partial charge in [-0.3, -0.25) is 20.2 Å². The minimum atomic E-state index is -0.554. The summed E-state index contributed by atoms with van der Waals surface area (Å²) in [4.78, 5) is 34.6. The van der Waals surface area contributed by atoms with Crippen LogP contribution in [0, 0.1) is 17.0 Å². The van der Waals surface area contributed by atoms with Crippen molar-refractivity contribution >= 4 is 51.5 Å². The smallest absolute Gasteiger partial charge is 0.270 e. The van der Waals surface area contributed by atoms with Crippen molar-refractivity contribution in [2.75, 3.05) is 36.5 Å². The summed E-state index contributed by atoms with van der Waals surface area (Å²) in [6, 6.07) is 13.3.